The van der Waals surface area contributed by atoms with Crippen LogP contribution >= 0.6 is 0 Å². The number of sulfonamides is 1. The first-order chi connectivity index (χ1) is 9.97. The van der Waals surface area contributed by atoms with Gasteiger partial charge in [0, 0.05) is 6.07 Å². The normalized spacial score (nSPS) is 11.4. The number of rotatable bonds is 6. The maximum Gasteiger partial charge on any atom is 0.241 e. The van der Waals surface area contributed by atoms with Crippen molar-refractivity contribution in [2.45, 2.75) is 18.4 Å². The lowest BCUT2D eigenvalue weighted by molar-refractivity contribution is 0.354. The van der Waals surface area contributed by atoms with E-state index in [4.69, 9.17) is 13.9 Å². The third-order valence-corrected chi connectivity index (χ3v) is 4.33. The molecule has 7 nitrogen and oxygen atoms in total. The molecule has 1 aromatic carbocycles. The molecule has 21 heavy (non-hydrogen) atoms. The lowest BCUT2D eigenvalue weighted by atomic mass is 10.3. The first kappa shape index (κ1) is 15.3. The van der Waals surface area contributed by atoms with Crippen LogP contribution in [-0.4, -0.2) is 27.6 Å². The molecule has 0 saturated carbocycles. The summed E-state index contributed by atoms with van der Waals surface area (Å²) < 4.78 is 42.2. The fraction of sp³-hybridized carbons (Fsp3) is 0.308. The summed E-state index contributed by atoms with van der Waals surface area (Å²) in [5, 5.41) is 0. The van der Waals surface area contributed by atoms with E-state index < -0.39 is 10.0 Å². The predicted octanol–water partition coefficient (Wildman–Crippen LogP) is 1.48. The number of nitrogens with one attached hydrogen (secondary N) is 1. The van der Waals surface area contributed by atoms with Gasteiger partial charge in [0.1, 0.15) is 5.76 Å². The van der Waals surface area contributed by atoms with Crippen LogP contribution in [0.15, 0.2) is 33.9 Å². The van der Waals surface area contributed by atoms with E-state index >= 15 is 0 Å². The number of ether oxygens (including phenoxy) is 2. The molecule has 0 saturated heterocycles. The van der Waals surface area contributed by atoms with Crippen molar-refractivity contribution in [3.05, 3.63) is 36.0 Å². The molecule has 2 aromatic rings. The maximum atomic E-state index is 12.2. The molecule has 0 aliphatic heterocycles. The maximum absolute atomic E-state index is 12.2. The Morgan fingerprint density at radius 2 is 1.95 bits per heavy atom. The molecule has 0 spiro atoms. The third kappa shape index (κ3) is 3.34. The zero-order valence-electron chi connectivity index (χ0n) is 11.9. The molecule has 1 heterocycles. The number of aromatic nitrogens is 1. The minimum absolute atomic E-state index is 0.0303. The second kappa shape index (κ2) is 6.15. The van der Waals surface area contributed by atoms with Crippen molar-refractivity contribution >= 4 is 10.0 Å². The molecular formula is C13H16N2O5S. The minimum atomic E-state index is -3.68. The van der Waals surface area contributed by atoms with Crippen molar-refractivity contribution in [3.8, 4) is 11.5 Å². The van der Waals surface area contributed by atoms with Crippen LogP contribution in [0, 0.1) is 6.92 Å². The van der Waals surface area contributed by atoms with Crippen molar-refractivity contribution in [2.75, 3.05) is 14.2 Å². The standard InChI is InChI=1S/C13H16N2O5S/c1-9-13(20-8-14-9)7-15-21(16,17)10-4-5-11(18-2)12(6-10)19-3/h4-6,8,15H,7H2,1-3H3. The SMILES string of the molecule is COc1ccc(S(=O)(=O)NCc2ocnc2C)cc1OC. The quantitative estimate of drug-likeness (QED) is 0.869. The molecule has 0 fully saturated rings. The van der Waals surface area contributed by atoms with Gasteiger partial charge in [-0.05, 0) is 19.1 Å². The lowest BCUT2D eigenvalue weighted by Gasteiger charge is -2.10. The summed E-state index contributed by atoms with van der Waals surface area (Å²) >= 11 is 0. The van der Waals surface area contributed by atoms with Crippen molar-refractivity contribution in [1.29, 1.82) is 0 Å². The van der Waals surface area contributed by atoms with Gasteiger partial charge in [0.15, 0.2) is 17.9 Å². The van der Waals surface area contributed by atoms with Gasteiger partial charge >= 0.3 is 0 Å². The summed E-state index contributed by atoms with van der Waals surface area (Å²) in [6, 6.07) is 4.37. The molecule has 0 amide bonds. The molecule has 114 valence electrons. The van der Waals surface area contributed by atoms with Crippen LogP contribution in [0.5, 0.6) is 11.5 Å². The van der Waals surface area contributed by atoms with Crippen LogP contribution in [0.2, 0.25) is 0 Å². The van der Waals surface area contributed by atoms with E-state index in [0.29, 0.717) is 23.0 Å². The van der Waals surface area contributed by atoms with E-state index in [1.54, 1.807) is 6.92 Å². The summed E-state index contributed by atoms with van der Waals surface area (Å²) in [6.45, 7) is 1.77. The number of benzene rings is 1. The highest BCUT2D eigenvalue weighted by molar-refractivity contribution is 7.89. The average molecular weight is 312 g/mol. The highest BCUT2D eigenvalue weighted by Crippen LogP contribution is 2.29. The van der Waals surface area contributed by atoms with E-state index in [-0.39, 0.29) is 11.4 Å². The molecular weight excluding hydrogens is 296 g/mol. The first-order valence-electron chi connectivity index (χ1n) is 6.08. The van der Waals surface area contributed by atoms with Crippen LogP contribution in [0.3, 0.4) is 0 Å². The second-order valence-electron chi connectivity index (χ2n) is 4.20. The third-order valence-electron chi connectivity index (χ3n) is 2.93. The molecule has 1 aromatic heterocycles. The largest absolute Gasteiger partial charge is 0.493 e. The molecule has 0 aliphatic carbocycles. The Hall–Kier alpha value is -2.06. The van der Waals surface area contributed by atoms with Crippen LogP contribution in [0.4, 0.5) is 0 Å². The monoisotopic (exact) mass is 312 g/mol. The first-order valence-corrected chi connectivity index (χ1v) is 7.57. The summed E-state index contributed by atoms with van der Waals surface area (Å²) in [6.07, 6.45) is 1.27. The van der Waals surface area contributed by atoms with Gasteiger partial charge in [0.05, 0.1) is 31.4 Å². The summed E-state index contributed by atoms with van der Waals surface area (Å²) in [5.41, 5.74) is 0.644. The van der Waals surface area contributed by atoms with Crippen molar-refractivity contribution in [3.63, 3.8) is 0 Å². The van der Waals surface area contributed by atoms with Gasteiger partial charge in [0.25, 0.3) is 0 Å². The van der Waals surface area contributed by atoms with E-state index in [0.717, 1.165) is 0 Å². The summed E-state index contributed by atoms with van der Waals surface area (Å²) in [7, 11) is -0.757. The van der Waals surface area contributed by atoms with Gasteiger partial charge in [-0.15, -0.1) is 0 Å². The molecule has 0 aliphatic rings. The number of methoxy groups -OCH3 is 2. The van der Waals surface area contributed by atoms with Crippen molar-refractivity contribution < 1.29 is 22.3 Å². The Morgan fingerprint density at radius 3 is 2.52 bits per heavy atom. The number of nitrogens with zero attached hydrogens (tertiary/aromatic N) is 1. The Kier molecular flexibility index (Phi) is 4.49. The van der Waals surface area contributed by atoms with Gasteiger partial charge in [-0.1, -0.05) is 0 Å². The summed E-state index contributed by atoms with van der Waals surface area (Å²) in [5.74, 6) is 1.28. The Bertz CT molecular complexity index is 724. The molecule has 0 unspecified atom stereocenters. The van der Waals surface area contributed by atoms with E-state index in [9.17, 15) is 8.42 Å². The Balaban J connectivity index is 2.21. The highest BCUT2D eigenvalue weighted by atomic mass is 32.2. The zero-order chi connectivity index (χ0) is 15.5. The fourth-order valence-corrected chi connectivity index (χ4v) is 2.72. The zero-order valence-corrected chi connectivity index (χ0v) is 12.7. The van der Waals surface area contributed by atoms with Gasteiger partial charge < -0.3 is 13.9 Å². The molecule has 1 N–H and O–H groups in total. The number of hydrogen-bond acceptors (Lipinski definition) is 6. The average Bonchev–Trinajstić information content (AvgIpc) is 2.89. The van der Waals surface area contributed by atoms with Crippen molar-refractivity contribution in [2.24, 2.45) is 0 Å². The molecule has 2 rings (SSSR count). The highest BCUT2D eigenvalue weighted by Gasteiger charge is 2.18. The van der Waals surface area contributed by atoms with Gasteiger partial charge in [-0.25, -0.2) is 18.1 Å². The Labute approximate surface area is 122 Å². The van der Waals surface area contributed by atoms with Crippen LogP contribution < -0.4 is 14.2 Å². The number of hydrogen-bond donors (Lipinski definition) is 1. The van der Waals surface area contributed by atoms with E-state index in [1.165, 1.54) is 38.8 Å². The number of oxazole rings is 1. The van der Waals surface area contributed by atoms with Gasteiger partial charge in [0.2, 0.25) is 10.0 Å². The topological polar surface area (TPSA) is 90.7 Å². The van der Waals surface area contributed by atoms with Gasteiger partial charge in [-0.3, -0.25) is 0 Å². The second-order valence-corrected chi connectivity index (χ2v) is 5.97. The van der Waals surface area contributed by atoms with E-state index in [2.05, 4.69) is 9.71 Å². The fourth-order valence-electron chi connectivity index (χ4n) is 1.72. The van der Waals surface area contributed by atoms with Gasteiger partial charge in [-0.2, -0.15) is 0 Å². The molecule has 0 atom stereocenters. The van der Waals surface area contributed by atoms with Crippen LogP contribution in [0.1, 0.15) is 11.5 Å². The van der Waals surface area contributed by atoms with Crippen LogP contribution in [-0.2, 0) is 16.6 Å². The smallest absolute Gasteiger partial charge is 0.241 e. The molecule has 0 radical (unpaired) electrons. The van der Waals surface area contributed by atoms with Crippen LogP contribution in [0.25, 0.3) is 0 Å². The van der Waals surface area contributed by atoms with Crippen molar-refractivity contribution in [1.82, 2.24) is 9.71 Å². The number of aryl methyl sites for hydroxylation is 1. The predicted molar refractivity (Wildman–Crippen MR) is 74.8 cm³/mol. The Morgan fingerprint density at radius 1 is 1.24 bits per heavy atom. The summed E-state index contributed by atoms with van der Waals surface area (Å²) in [4.78, 5) is 3.98. The molecule has 0 bridgehead atoms. The lowest BCUT2D eigenvalue weighted by Crippen LogP contribution is -2.23. The molecule has 8 heteroatoms. The minimum Gasteiger partial charge on any atom is -0.493 e. The van der Waals surface area contributed by atoms with E-state index in [1.807, 2.05) is 0 Å².